The van der Waals surface area contributed by atoms with E-state index in [4.69, 9.17) is 79.1 Å². The molecule has 28 nitrogen and oxygen atoms in total. The van der Waals surface area contributed by atoms with Crippen molar-refractivity contribution < 1.29 is 95.5 Å². The molecule has 0 saturated carbocycles. The zero-order chi connectivity index (χ0) is 56.1. The second kappa shape index (κ2) is 52.6. The fraction of sp³-hybridized carbons (Fsp3) is 0.854. The van der Waals surface area contributed by atoms with Gasteiger partial charge in [-0.15, -0.1) is 0 Å². The van der Waals surface area contributed by atoms with Crippen LogP contribution in [0.4, 0.5) is 4.79 Å². The van der Waals surface area contributed by atoms with Crippen molar-refractivity contribution >= 4 is 41.5 Å². The molecule has 3 atom stereocenters. The van der Waals surface area contributed by atoms with E-state index < -0.39 is 47.8 Å². The molecule has 0 aromatic carbocycles. The number of carboxylic acids is 1. The lowest BCUT2D eigenvalue weighted by Gasteiger charge is -2.25. The standard InChI is InChI=1S/C48H92N8O20/c1-38(2)44(47(63)55-40(45(50)61)7-5-12-54-48(51)64)56-46(62)39(49)6-3-4-11-52-42(58)10-14-65-16-18-67-20-22-69-24-26-71-28-30-73-32-34-75-36-37-76-35-33-74-31-29-72-27-25-70-23-21-68-19-17-66-15-13-53-41(57)8-9-43(59)60/h38-40,44H,3-37,49H2,1-2H3,(H2,50,61)(H,52,58)(H,53,57)(H,55,63)(H,56,62)(H,59,60)(H3,51,54,64)/t39-,40-,44-/m0/s1. The monoisotopic (exact) mass is 1100 g/mol. The molecular formula is C48H92N8O20. The van der Waals surface area contributed by atoms with Crippen LogP contribution in [0.25, 0.3) is 0 Å². The molecule has 0 aromatic heterocycles. The van der Waals surface area contributed by atoms with Gasteiger partial charge in [-0.25, -0.2) is 4.79 Å². The van der Waals surface area contributed by atoms with Crippen molar-refractivity contribution in [1.29, 1.82) is 0 Å². The number of carboxylic acid groups (broad SMARTS) is 1. The van der Waals surface area contributed by atoms with Crippen molar-refractivity contribution in [3.63, 3.8) is 0 Å². The molecule has 444 valence electrons. The van der Waals surface area contributed by atoms with E-state index in [1.807, 2.05) is 0 Å². The Morgan fingerprint density at radius 1 is 0.408 bits per heavy atom. The maximum Gasteiger partial charge on any atom is 0.312 e. The number of nitrogens with two attached hydrogens (primary N) is 3. The lowest BCUT2D eigenvalue weighted by Crippen LogP contribution is -2.57. The average molecular weight is 1100 g/mol. The second-order valence-corrected chi connectivity index (χ2v) is 16.9. The second-order valence-electron chi connectivity index (χ2n) is 16.9. The molecule has 0 aliphatic carbocycles. The number of rotatable bonds is 57. The molecule has 0 unspecified atom stereocenters. The van der Waals surface area contributed by atoms with Gasteiger partial charge in [0.25, 0.3) is 0 Å². The summed E-state index contributed by atoms with van der Waals surface area (Å²) in [7, 11) is 0. The van der Waals surface area contributed by atoms with Crippen LogP contribution in [0.5, 0.6) is 0 Å². The Morgan fingerprint density at radius 2 is 0.776 bits per heavy atom. The van der Waals surface area contributed by atoms with Gasteiger partial charge in [-0.2, -0.15) is 0 Å². The molecule has 28 heteroatoms. The normalized spacial score (nSPS) is 12.5. The molecule has 0 spiro atoms. The molecule has 12 N–H and O–H groups in total. The number of primary amides is 2. The summed E-state index contributed by atoms with van der Waals surface area (Å²) in [4.78, 5) is 82.4. The van der Waals surface area contributed by atoms with Crippen LogP contribution in [-0.2, 0) is 85.6 Å². The summed E-state index contributed by atoms with van der Waals surface area (Å²) in [5.41, 5.74) is 16.5. The van der Waals surface area contributed by atoms with E-state index in [1.165, 1.54) is 0 Å². The summed E-state index contributed by atoms with van der Waals surface area (Å²) in [6.45, 7) is 14.2. The number of urea groups is 1. The first-order valence-electron chi connectivity index (χ1n) is 26.1. The molecule has 76 heavy (non-hydrogen) atoms. The third-order valence-electron chi connectivity index (χ3n) is 10.2. The number of aliphatic carboxylic acids is 1. The number of hydrogen-bond donors (Lipinski definition) is 9. The van der Waals surface area contributed by atoms with Gasteiger partial charge >= 0.3 is 12.0 Å². The number of amides is 7. The Kier molecular flexibility index (Phi) is 49.5. The van der Waals surface area contributed by atoms with Crippen LogP contribution in [0.1, 0.15) is 65.2 Å². The Hall–Kier alpha value is -4.43. The zero-order valence-corrected chi connectivity index (χ0v) is 45.0. The molecule has 0 radical (unpaired) electrons. The highest BCUT2D eigenvalue weighted by molar-refractivity contribution is 5.92. The van der Waals surface area contributed by atoms with Gasteiger partial charge in [0.1, 0.15) is 12.1 Å². The molecule has 0 bridgehead atoms. The van der Waals surface area contributed by atoms with Crippen molar-refractivity contribution in [3.05, 3.63) is 0 Å². The SMILES string of the molecule is CC(C)[C@H](NC(=O)[C@@H](N)CCCCNC(=O)CCOCCOCCOCCOCCOCCOCCOCCOCCOCCOCCOCCOCCNC(=O)CCC(=O)O)C(=O)N[C@@H](CCCNC(N)=O)C(N)=O. The summed E-state index contributed by atoms with van der Waals surface area (Å²) >= 11 is 0. The number of carbonyl (C=O) groups excluding carboxylic acids is 6. The van der Waals surface area contributed by atoms with Crippen molar-refractivity contribution in [3.8, 4) is 0 Å². The third-order valence-corrected chi connectivity index (χ3v) is 10.2. The van der Waals surface area contributed by atoms with Crippen molar-refractivity contribution in [2.45, 2.75) is 83.3 Å². The minimum atomic E-state index is -1.01. The number of ether oxygens (including phenoxy) is 12. The van der Waals surface area contributed by atoms with Crippen molar-refractivity contribution in [1.82, 2.24) is 26.6 Å². The molecule has 0 saturated heterocycles. The van der Waals surface area contributed by atoms with Gasteiger partial charge < -0.3 is 106 Å². The summed E-state index contributed by atoms with van der Waals surface area (Å²) in [5.74, 6) is -3.65. The molecule has 0 aliphatic heterocycles. The Morgan fingerprint density at radius 3 is 1.16 bits per heavy atom. The summed E-state index contributed by atoms with van der Waals surface area (Å²) in [6, 6.07) is -3.55. The van der Waals surface area contributed by atoms with Crippen LogP contribution in [0.3, 0.4) is 0 Å². The van der Waals surface area contributed by atoms with E-state index in [0.29, 0.717) is 191 Å². The van der Waals surface area contributed by atoms with Gasteiger partial charge in [-0.3, -0.25) is 28.8 Å². The van der Waals surface area contributed by atoms with Gasteiger partial charge in [0.15, 0.2) is 0 Å². The molecule has 0 heterocycles. The first-order valence-corrected chi connectivity index (χ1v) is 26.1. The van der Waals surface area contributed by atoms with Gasteiger partial charge in [0.2, 0.25) is 29.5 Å². The van der Waals surface area contributed by atoms with Crippen LogP contribution in [0.15, 0.2) is 0 Å². The molecule has 0 rings (SSSR count). The zero-order valence-electron chi connectivity index (χ0n) is 45.0. The van der Waals surface area contributed by atoms with E-state index in [0.717, 1.165) is 0 Å². The predicted molar refractivity (Wildman–Crippen MR) is 274 cm³/mol. The summed E-state index contributed by atoms with van der Waals surface area (Å²) < 4.78 is 65.5. The van der Waals surface area contributed by atoms with Gasteiger partial charge in [0.05, 0.1) is 171 Å². The highest BCUT2D eigenvalue weighted by atomic mass is 16.6. The number of unbranched alkanes of at least 4 members (excludes halogenated alkanes) is 1. The molecular weight excluding hydrogens is 1010 g/mol. The minimum absolute atomic E-state index is 0.0492. The Balaban J connectivity index is 3.48. The number of carbonyl (C=O) groups is 7. The van der Waals surface area contributed by atoms with Crippen molar-refractivity contribution in [2.24, 2.45) is 23.1 Å². The Bertz CT molecular complexity index is 1490. The fourth-order valence-corrected chi connectivity index (χ4v) is 6.05. The van der Waals surface area contributed by atoms with E-state index in [-0.39, 0.29) is 56.6 Å². The quantitative estimate of drug-likeness (QED) is 0.0290. The van der Waals surface area contributed by atoms with Crippen LogP contribution >= 0.6 is 0 Å². The lowest BCUT2D eigenvalue weighted by molar-refractivity contribution is -0.138. The first-order chi connectivity index (χ1) is 36.7. The largest absolute Gasteiger partial charge is 0.481 e. The topological polar surface area (TPSA) is 389 Å². The van der Waals surface area contributed by atoms with E-state index >= 15 is 0 Å². The summed E-state index contributed by atoms with van der Waals surface area (Å²) in [5, 5.41) is 21.6. The van der Waals surface area contributed by atoms with Crippen molar-refractivity contribution in [2.75, 3.05) is 178 Å². The van der Waals surface area contributed by atoms with E-state index in [1.54, 1.807) is 13.8 Å². The van der Waals surface area contributed by atoms with Gasteiger partial charge in [-0.1, -0.05) is 13.8 Å². The first kappa shape index (κ1) is 71.6. The highest BCUT2D eigenvalue weighted by Gasteiger charge is 2.29. The van der Waals surface area contributed by atoms with Crippen LogP contribution in [0.2, 0.25) is 0 Å². The number of hydrogen-bond acceptors (Lipinski definition) is 20. The van der Waals surface area contributed by atoms with Crippen LogP contribution in [-0.4, -0.2) is 243 Å². The number of nitrogens with one attached hydrogen (secondary N) is 5. The maximum atomic E-state index is 12.9. The molecule has 7 amide bonds. The molecule has 0 aliphatic rings. The average Bonchev–Trinajstić information content (AvgIpc) is 3.38. The Labute approximate surface area is 447 Å². The van der Waals surface area contributed by atoms with Gasteiger partial charge in [0, 0.05) is 32.5 Å². The smallest absolute Gasteiger partial charge is 0.312 e. The lowest BCUT2D eigenvalue weighted by atomic mass is 10.0. The van der Waals surface area contributed by atoms with E-state index in [2.05, 4.69) is 26.6 Å². The van der Waals surface area contributed by atoms with Crippen LogP contribution in [0, 0.1) is 5.92 Å². The minimum Gasteiger partial charge on any atom is -0.481 e. The predicted octanol–water partition coefficient (Wildman–Crippen LogP) is -2.27. The molecule has 0 fully saturated rings. The van der Waals surface area contributed by atoms with Crippen LogP contribution < -0.4 is 43.8 Å². The van der Waals surface area contributed by atoms with Gasteiger partial charge in [-0.05, 0) is 38.0 Å². The highest BCUT2D eigenvalue weighted by Crippen LogP contribution is 2.07. The molecule has 0 aromatic rings. The van der Waals surface area contributed by atoms with E-state index in [9.17, 15) is 33.6 Å². The summed E-state index contributed by atoms with van der Waals surface area (Å²) in [6.07, 6.45) is 1.93. The fourth-order valence-electron chi connectivity index (χ4n) is 6.05. The maximum absolute atomic E-state index is 12.9. The third kappa shape index (κ3) is 49.2.